The number of nitrogens with one attached hydrogen (secondary N) is 2. The van der Waals surface area contributed by atoms with Crippen LogP contribution in [-0.2, 0) is 24.2 Å². The highest BCUT2D eigenvalue weighted by atomic mass is 16.5. The Labute approximate surface area is 175 Å². The summed E-state index contributed by atoms with van der Waals surface area (Å²) in [6.45, 7) is 4.93. The first kappa shape index (κ1) is 19.7. The molecule has 1 aliphatic heterocycles. The van der Waals surface area contributed by atoms with Gasteiger partial charge in [0, 0.05) is 43.3 Å². The Bertz CT molecular complexity index is 1070. The second-order valence-electron chi connectivity index (χ2n) is 7.15. The number of fused-ring (bicyclic) bond motifs is 1. The fourth-order valence-electron chi connectivity index (χ4n) is 3.59. The van der Waals surface area contributed by atoms with E-state index in [0.29, 0.717) is 19.1 Å². The van der Waals surface area contributed by atoms with Crippen molar-refractivity contribution in [1.29, 1.82) is 5.26 Å². The van der Waals surface area contributed by atoms with E-state index in [4.69, 9.17) is 15.0 Å². The van der Waals surface area contributed by atoms with Crippen molar-refractivity contribution in [3.63, 3.8) is 0 Å². The molecular weight excluding hydrogens is 380 g/mol. The Balaban J connectivity index is 1.52. The fourth-order valence-corrected chi connectivity index (χ4v) is 3.59. The summed E-state index contributed by atoms with van der Waals surface area (Å²) in [6, 6.07) is 7.88. The third kappa shape index (κ3) is 4.34. The van der Waals surface area contributed by atoms with Gasteiger partial charge in [-0.05, 0) is 31.0 Å². The number of anilines is 4. The highest BCUT2D eigenvalue weighted by Crippen LogP contribution is 2.31. The van der Waals surface area contributed by atoms with Crippen LogP contribution in [0.25, 0.3) is 0 Å². The van der Waals surface area contributed by atoms with Crippen LogP contribution < -0.4 is 15.5 Å². The summed E-state index contributed by atoms with van der Waals surface area (Å²) in [5.74, 6) is 1.51. The first-order valence-corrected chi connectivity index (χ1v) is 9.81. The van der Waals surface area contributed by atoms with Crippen molar-refractivity contribution < 1.29 is 4.74 Å². The zero-order valence-electron chi connectivity index (χ0n) is 17.1. The lowest BCUT2D eigenvalue weighted by molar-refractivity contribution is 0.183. The van der Waals surface area contributed by atoms with Crippen molar-refractivity contribution in [2.75, 3.05) is 35.8 Å². The van der Waals surface area contributed by atoms with Gasteiger partial charge in [0.05, 0.1) is 25.0 Å². The number of ether oxygens (including phenoxy) is 1. The van der Waals surface area contributed by atoms with Gasteiger partial charge in [-0.2, -0.15) is 15.3 Å². The molecule has 2 N–H and O–H groups in total. The van der Waals surface area contributed by atoms with Gasteiger partial charge in [-0.15, -0.1) is 0 Å². The molecule has 9 nitrogen and oxygen atoms in total. The second kappa shape index (κ2) is 8.80. The van der Waals surface area contributed by atoms with E-state index in [1.807, 2.05) is 42.2 Å². The SMILES string of the molecule is COCCn1cc(Nc2nc(C)c3c(n2)N(Cc2cccc(NC#N)c2)CC3)cn1. The molecule has 0 spiro atoms. The van der Waals surface area contributed by atoms with Crippen LogP contribution in [0.2, 0.25) is 0 Å². The van der Waals surface area contributed by atoms with E-state index in [9.17, 15) is 0 Å². The van der Waals surface area contributed by atoms with Crippen LogP contribution in [0.1, 0.15) is 16.8 Å². The molecule has 30 heavy (non-hydrogen) atoms. The van der Waals surface area contributed by atoms with E-state index < -0.39 is 0 Å². The monoisotopic (exact) mass is 404 g/mol. The summed E-state index contributed by atoms with van der Waals surface area (Å²) in [6.07, 6.45) is 6.56. The minimum atomic E-state index is 0.560. The van der Waals surface area contributed by atoms with Gasteiger partial charge in [0.2, 0.25) is 5.95 Å². The average Bonchev–Trinajstić information content (AvgIpc) is 3.34. The summed E-state index contributed by atoms with van der Waals surface area (Å²) in [5, 5.41) is 19.1. The minimum Gasteiger partial charge on any atom is -0.383 e. The normalized spacial score (nSPS) is 12.5. The predicted octanol–water partition coefficient (Wildman–Crippen LogP) is 2.83. The molecule has 0 saturated carbocycles. The topological polar surface area (TPSA) is 104 Å². The number of aryl methyl sites for hydroxylation is 1. The number of nitrogens with zero attached hydrogens (tertiary/aromatic N) is 6. The molecule has 4 rings (SSSR count). The molecule has 1 aliphatic rings. The second-order valence-corrected chi connectivity index (χ2v) is 7.15. The van der Waals surface area contributed by atoms with Crippen LogP contribution in [-0.4, -0.2) is 40.0 Å². The summed E-state index contributed by atoms with van der Waals surface area (Å²) in [4.78, 5) is 11.7. The average molecular weight is 404 g/mol. The maximum absolute atomic E-state index is 8.84. The summed E-state index contributed by atoms with van der Waals surface area (Å²) < 4.78 is 6.91. The van der Waals surface area contributed by atoms with Gasteiger partial charge >= 0.3 is 0 Å². The Morgan fingerprint density at radius 3 is 3.00 bits per heavy atom. The Morgan fingerprint density at radius 1 is 1.27 bits per heavy atom. The molecule has 0 unspecified atom stereocenters. The zero-order valence-corrected chi connectivity index (χ0v) is 17.1. The summed E-state index contributed by atoms with van der Waals surface area (Å²) in [7, 11) is 1.67. The molecule has 0 aliphatic carbocycles. The molecule has 3 aromatic rings. The van der Waals surface area contributed by atoms with Gasteiger partial charge < -0.3 is 15.0 Å². The van der Waals surface area contributed by atoms with Crippen molar-refractivity contribution in [1.82, 2.24) is 19.7 Å². The molecule has 0 amide bonds. The van der Waals surface area contributed by atoms with Crippen LogP contribution in [0.15, 0.2) is 36.7 Å². The van der Waals surface area contributed by atoms with Crippen molar-refractivity contribution in [2.24, 2.45) is 0 Å². The maximum atomic E-state index is 8.84. The van der Waals surface area contributed by atoms with E-state index in [-0.39, 0.29) is 0 Å². The smallest absolute Gasteiger partial charge is 0.229 e. The number of rotatable bonds is 8. The van der Waals surface area contributed by atoms with E-state index in [1.165, 1.54) is 5.56 Å². The van der Waals surface area contributed by atoms with Crippen LogP contribution in [0, 0.1) is 18.4 Å². The largest absolute Gasteiger partial charge is 0.383 e. The first-order valence-electron chi connectivity index (χ1n) is 9.81. The molecule has 154 valence electrons. The van der Waals surface area contributed by atoms with Crippen LogP contribution in [0.5, 0.6) is 0 Å². The van der Waals surface area contributed by atoms with Crippen molar-refractivity contribution in [3.05, 3.63) is 53.5 Å². The molecule has 3 heterocycles. The van der Waals surface area contributed by atoms with Gasteiger partial charge in [0.15, 0.2) is 6.19 Å². The Kier molecular flexibility index (Phi) is 5.77. The van der Waals surface area contributed by atoms with E-state index in [2.05, 4.69) is 31.7 Å². The number of hydrogen-bond donors (Lipinski definition) is 2. The van der Waals surface area contributed by atoms with Crippen LogP contribution in [0.4, 0.5) is 23.1 Å². The molecular formula is C21H24N8O. The highest BCUT2D eigenvalue weighted by molar-refractivity contribution is 5.60. The molecule has 0 saturated heterocycles. The number of benzene rings is 1. The Hall–Kier alpha value is -3.64. The zero-order chi connectivity index (χ0) is 20.9. The maximum Gasteiger partial charge on any atom is 0.229 e. The highest BCUT2D eigenvalue weighted by Gasteiger charge is 2.24. The number of aromatic nitrogens is 4. The standard InChI is InChI=1S/C21H24N8O/c1-15-19-6-7-28(12-16-4-3-5-17(10-16)23-14-22)20(19)27-21(25-15)26-18-11-24-29(13-18)8-9-30-2/h3-5,10-11,13,23H,6-9,12H2,1-2H3,(H,25,26,27). The van der Waals surface area contributed by atoms with E-state index in [1.54, 1.807) is 13.3 Å². The number of nitriles is 1. The van der Waals surface area contributed by atoms with Gasteiger partial charge in [-0.3, -0.25) is 10.00 Å². The summed E-state index contributed by atoms with van der Waals surface area (Å²) >= 11 is 0. The molecule has 0 fully saturated rings. The van der Waals surface area contributed by atoms with Crippen molar-refractivity contribution in [3.8, 4) is 6.19 Å². The van der Waals surface area contributed by atoms with Gasteiger partial charge in [0.1, 0.15) is 5.82 Å². The van der Waals surface area contributed by atoms with Gasteiger partial charge in [-0.25, -0.2) is 4.98 Å². The molecule has 9 heteroatoms. The summed E-state index contributed by atoms with van der Waals surface area (Å²) in [5.41, 5.74) is 4.92. The molecule has 0 radical (unpaired) electrons. The lowest BCUT2D eigenvalue weighted by Crippen LogP contribution is -2.21. The molecule has 1 aromatic carbocycles. The fraction of sp³-hybridized carbons (Fsp3) is 0.333. The van der Waals surface area contributed by atoms with E-state index in [0.717, 1.165) is 48.0 Å². The number of hydrogen-bond acceptors (Lipinski definition) is 8. The molecule has 0 bridgehead atoms. The van der Waals surface area contributed by atoms with Crippen LogP contribution in [0.3, 0.4) is 0 Å². The van der Waals surface area contributed by atoms with E-state index >= 15 is 0 Å². The lowest BCUT2D eigenvalue weighted by atomic mass is 10.2. The van der Waals surface area contributed by atoms with Gasteiger partial charge in [0.25, 0.3) is 0 Å². The minimum absolute atomic E-state index is 0.560. The first-order chi connectivity index (χ1) is 14.7. The Morgan fingerprint density at radius 2 is 2.17 bits per heavy atom. The van der Waals surface area contributed by atoms with Gasteiger partial charge in [-0.1, -0.05) is 12.1 Å². The van der Waals surface area contributed by atoms with Crippen molar-refractivity contribution >= 4 is 23.1 Å². The molecule has 2 aromatic heterocycles. The van der Waals surface area contributed by atoms with Crippen molar-refractivity contribution in [2.45, 2.75) is 26.4 Å². The quantitative estimate of drug-likeness (QED) is 0.436. The molecule has 0 atom stereocenters. The number of methoxy groups -OCH3 is 1. The third-order valence-corrected chi connectivity index (χ3v) is 5.04. The lowest BCUT2D eigenvalue weighted by Gasteiger charge is -2.19. The third-order valence-electron chi connectivity index (χ3n) is 5.04. The van der Waals surface area contributed by atoms with Crippen LogP contribution >= 0.6 is 0 Å². The predicted molar refractivity (Wildman–Crippen MR) is 115 cm³/mol.